The van der Waals surface area contributed by atoms with E-state index in [-0.39, 0.29) is 19.8 Å². The second-order valence-corrected chi connectivity index (χ2v) is 2.77. The van der Waals surface area contributed by atoms with Crippen LogP contribution in [0.5, 0.6) is 0 Å². The smallest absolute Gasteiger partial charge is 0.100 e. The van der Waals surface area contributed by atoms with E-state index in [4.69, 9.17) is 30.6 Å². The summed E-state index contributed by atoms with van der Waals surface area (Å²) in [7, 11) is 0. The first-order valence-electron chi connectivity index (χ1n) is 4.79. The Morgan fingerprint density at radius 1 is 0.867 bits per heavy atom. The normalized spacial score (nSPS) is 11.0. The van der Waals surface area contributed by atoms with Gasteiger partial charge in [0.2, 0.25) is 0 Å². The molecule has 15 heavy (non-hydrogen) atoms. The van der Waals surface area contributed by atoms with E-state index in [2.05, 4.69) is 0 Å². The zero-order chi connectivity index (χ0) is 12.7. The predicted molar refractivity (Wildman–Crippen MR) is 56.3 cm³/mol. The zero-order valence-corrected chi connectivity index (χ0v) is 9.37. The van der Waals surface area contributed by atoms with Gasteiger partial charge in [0.15, 0.2) is 0 Å². The Morgan fingerprint density at radius 2 is 1.13 bits per heavy atom. The molecule has 6 nitrogen and oxygen atoms in total. The van der Waals surface area contributed by atoms with Gasteiger partial charge in [-0.3, -0.25) is 0 Å². The van der Waals surface area contributed by atoms with E-state index in [1.54, 1.807) is 0 Å². The topological polar surface area (TPSA) is 121 Å². The lowest BCUT2D eigenvalue weighted by Crippen LogP contribution is -2.15. The molecule has 0 aliphatic carbocycles. The number of aliphatic hydroxyl groups is 6. The lowest BCUT2D eigenvalue weighted by molar-refractivity contribution is 0.0450. The molecule has 0 aliphatic rings. The summed E-state index contributed by atoms with van der Waals surface area (Å²) in [6, 6.07) is 0. The van der Waals surface area contributed by atoms with E-state index in [9.17, 15) is 0 Å². The van der Waals surface area contributed by atoms with Crippen LogP contribution in [-0.2, 0) is 0 Å². The standard InChI is InChI=1S/C3H8O3.C3H8O2.C3H8O/c4-1-3(6)2-5;1-3(5)2-4;1-2-3-4/h3-6H,1-2H2;3-5H,2H2,1H3;4H,2-3H2,1H3. The second-order valence-electron chi connectivity index (χ2n) is 2.77. The Kier molecular flexibility index (Phi) is 26.1. The molecule has 0 heterocycles. The monoisotopic (exact) mass is 228 g/mol. The van der Waals surface area contributed by atoms with Crippen molar-refractivity contribution < 1.29 is 30.6 Å². The van der Waals surface area contributed by atoms with Gasteiger partial charge in [0.25, 0.3) is 0 Å². The molecule has 0 bridgehead atoms. The largest absolute Gasteiger partial charge is 0.396 e. The quantitative estimate of drug-likeness (QED) is 0.333. The highest BCUT2D eigenvalue weighted by molar-refractivity contribution is 4.44. The molecule has 0 radical (unpaired) electrons. The molecule has 6 heteroatoms. The van der Waals surface area contributed by atoms with Crippen LogP contribution in [0.15, 0.2) is 0 Å². The predicted octanol–water partition coefficient (Wildman–Crippen LogP) is -1.92. The third-order valence-electron chi connectivity index (χ3n) is 0.909. The molecule has 1 unspecified atom stereocenters. The van der Waals surface area contributed by atoms with Crippen LogP contribution in [0.1, 0.15) is 20.3 Å². The highest BCUT2D eigenvalue weighted by Crippen LogP contribution is 1.71. The van der Waals surface area contributed by atoms with Crippen molar-refractivity contribution >= 4 is 0 Å². The minimum absolute atomic E-state index is 0.139. The van der Waals surface area contributed by atoms with Crippen molar-refractivity contribution in [3.8, 4) is 0 Å². The van der Waals surface area contributed by atoms with E-state index in [1.165, 1.54) is 6.92 Å². The number of rotatable bonds is 4. The fourth-order valence-electron chi connectivity index (χ4n) is 0.0577. The number of hydrogen-bond acceptors (Lipinski definition) is 6. The summed E-state index contributed by atoms with van der Waals surface area (Å²) in [4.78, 5) is 0. The van der Waals surface area contributed by atoms with Crippen molar-refractivity contribution in [1.29, 1.82) is 0 Å². The number of hydrogen-bond donors (Lipinski definition) is 6. The van der Waals surface area contributed by atoms with Gasteiger partial charge in [0.1, 0.15) is 6.10 Å². The Morgan fingerprint density at radius 3 is 1.13 bits per heavy atom. The van der Waals surface area contributed by atoms with Crippen molar-refractivity contribution in [3.05, 3.63) is 0 Å². The van der Waals surface area contributed by atoms with Gasteiger partial charge >= 0.3 is 0 Å². The van der Waals surface area contributed by atoms with Gasteiger partial charge in [-0.15, -0.1) is 0 Å². The van der Waals surface area contributed by atoms with E-state index in [0.717, 1.165) is 6.42 Å². The van der Waals surface area contributed by atoms with Gasteiger partial charge in [-0.05, 0) is 13.3 Å². The van der Waals surface area contributed by atoms with Gasteiger partial charge in [-0.2, -0.15) is 0 Å². The highest BCUT2D eigenvalue weighted by Gasteiger charge is 1.93. The molecule has 0 saturated carbocycles. The van der Waals surface area contributed by atoms with Crippen LogP contribution in [0.2, 0.25) is 0 Å². The summed E-state index contributed by atoms with van der Waals surface area (Å²) in [5.41, 5.74) is 0. The fourth-order valence-corrected chi connectivity index (χ4v) is 0.0577. The first-order chi connectivity index (χ1) is 6.99. The summed E-state index contributed by atoms with van der Waals surface area (Å²) in [6.07, 6.45) is -0.639. The molecule has 1 atom stereocenters. The van der Waals surface area contributed by atoms with Crippen LogP contribution in [0.3, 0.4) is 0 Å². The average molecular weight is 228 g/mol. The molecule has 96 valence electrons. The average Bonchev–Trinajstić information content (AvgIpc) is 2.28. The Hall–Kier alpha value is -0.240. The first-order valence-corrected chi connectivity index (χ1v) is 4.79. The van der Waals surface area contributed by atoms with Crippen molar-refractivity contribution in [3.63, 3.8) is 0 Å². The lowest BCUT2D eigenvalue weighted by atomic mass is 10.4. The summed E-state index contributed by atoms with van der Waals surface area (Å²) in [5, 5.41) is 47.9. The third kappa shape index (κ3) is 41.6. The van der Waals surface area contributed by atoms with Crippen LogP contribution in [0, 0.1) is 0 Å². The summed E-state index contributed by atoms with van der Waals surface area (Å²) >= 11 is 0. The molecule has 0 aliphatic heterocycles. The zero-order valence-electron chi connectivity index (χ0n) is 9.37. The maximum absolute atomic E-state index is 8.17. The van der Waals surface area contributed by atoms with Crippen molar-refractivity contribution in [2.75, 3.05) is 26.4 Å². The van der Waals surface area contributed by atoms with Crippen molar-refractivity contribution in [2.24, 2.45) is 0 Å². The van der Waals surface area contributed by atoms with Gasteiger partial charge in [0, 0.05) is 6.61 Å². The highest BCUT2D eigenvalue weighted by atomic mass is 16.3. The molecular formula is C9H24O6. The fraction of sp³-hybridized carbons (Fsp3) is 1.00. The van der Waals surface area contributed by atoms with E-state index in [1.807, 2.05) is 6.92 Å². The molecule has 0 rings (SSSR count). The minimum atomic E-state index is -0.954. The Balaban J connectivity index is -0.000000147. The van der Waals surface area contributed by atoms with Gasteiger partial charge in [-0.25, -0.2) is 0 Å². The molecule has 0 aromatic rings. The van der Waals surface area contributed by atoms with Gasteiger partial charge in [0.05, 0.1) is 25.9 Å². The molecule has 0 fully saturated rings. The summed E-state index contributed by atoms with van der Waals surface area (Å²) in [5.74, 6) is 0. The van der Waals surface area contributed by atoms with Crippen LogP contribution in [0.4, 0.5) is 0 Å². The van der Waals surface area contributed by atoms with Crippen molar-refractivity contribution in [1.82, 2.24) is 0 Å². The van der Waals surface area contributed by atoms with Gasteiger partial charge in [-0.1, -0.05) is 6.92 Å². The molecule has 0 amide bonds. The van der Waals surface area contributed by atoms with E-state index in [0.29, 0.717) is 6.61 Å². The Bertz CT molecular complexity index is 82.7. The van der Waals surface area contributed by atoms with Crippen LogP contribution in [-0.4, -0.2) is 69.3 Å². The minimum Gasteiger partial charge on any atom is -0.396 e. The summed E-state index contributed by atoms with van der Waals surface area (Å²) in [6.45, 7) is 2.91. The third-order valence-corrected chi connectivity index (χ3v) is 0.909. The Labute approximate surface area is 90.4 Å². The maximum atomic E-state index is 8.17. The molecular weight excluding hydrogens is 204 g/mol. The van der Waals surface area contributed by atoms with E-state index >= 15 is 0 Å². The second kappa shape index (κ2) is 19.4. The molecule has 0 aromatic heterocycles. The molecule has 0 aromatic carbocycles. The molecule has 0 saturated heterocycles. The molecule has 0 spiro atoms. The van der Waals surface area contributed by atoms with Gasteiger partial charge < -0.3 is 30.6 Å². The number of aliphatic hydroxyl groups excluding tert-OH is 6. The van der Waals surface area contributed by atoms with E-state index < -0.39 is 12.2 Å². The SMILES string of the molecule is CC(O)CO.CCCO.OCC(O)CO. The van der Waals surface area contributed by atoms with Crippen LogP contribution in [0.25, 0.3) is 0 Å². The lowest BCUT2D eigenvalue weighted by Gasteiger charge is -1.96. The first kappa shape index (κ1) is 20.2. The van der Waals surface area contributed by atoms with Crippen molar-refractivity contribution in [2.45, 2.75) is 32.5 Å². The van der Waals surface area contributed by atoms with Crippen LogP contribution < -0.4 is 0 Å². The summed E-state index contributed by atoms with van der Waals surface area (Å²) < 4.78 is 0. The maximum Gasteiger partial charge on any atom is 0.100 e. The van der Waals surface area contributed by atoms with Crippen LogP contribution >= 0.6 is 0 Å². The molecule has 6 N–H and O–H groups in total.